The summed E-state index contributed by atoms with van der Waals surface area (Å²) in [6.07, 6.45) is 6.52. The summed E-state index contributed by atoms with van der Waals surface area (Å²) >= 11 is 0. The van der Waals surface area contributed by atoms with Crippen LogP contribution in [0.15, 0.2) is 16.9 Å². The molecule has 0 fully saturated rings. The SMILES string of the molecule is C/C=C(\N=C(/C)CC)NC(=O)CCCCC. The molecule has 0 aliphatic heterocycles. The number of nitrogens with zero attached hydrogens (tertiary/aromatic N) is 1. The second-order valence-electron chi connectivity index (χ2n) is 3.88. The summed E-state index contributed by atoms with van der Waals surface area (Å²) in [5, 5.41) is 2.83. The molecule has 0 saturated carbocycles. The van der Waals surface area contributed by atoms with Crippen molar-refractivity contribution in [1.29, 1.82) is 0 Å². The van der Waals surface area contributed by atoms with E-state index in [1.165, 1.54) is 0 Å². The summed E-state index contributed by atoms with van der Waals surface area (Å²) < 4.78 is 0. The third kappa shape index (κ3) is 7.21. The molecule has 0 aromatic carbocycles. The minimum Gasteiger partial charge on any atom is -0.311 e. The van der Waals surface area contributed by atoms with Crippen molar-refractivity contribution in [2.75, 3.05) is 0 Å². The van der Waals surface area contributed by atoms with Crippen LogP contribution in [0.4, 0.5) is 0 Å². The van der Waals surface area contributed by atoms with E-state index < -0.39 is 0 Å². The van der Waals surface area contributed by atoms with E-state index in [0.29, 0.717) is 12.2 Å². The van der Waals surface area contributed by atoms with E-state index in [1.807, 2.05) is 19.9 Å². The summed E-state index contributed by atoms with van der Waals surface area (Å²) in [5.41, 5.74) is 1.03. The van der Waals surface area contributed by atoms with Crippen LogP contribution in [0.2, 0.25) is 0 Å². The van der Waals surface area contributed by atoms with E-state index >= 15 is 0 Å². The fraction of sp³-hybridized carbons (Fsp3) is 0.692. The Hall–Kier alpha value is -1.12. The largest absolute Gasteiger partial charge is 0.311 e. The normalized spacial score (nSPS) is 12.8. The zero-order valence-corrected chi connectivity index (χ0v) is 11.0. The van der Waals surface area contributed by atoms with Gasteiger partial charge in [-0.25, -0.2) is 4.99 Å². The van der Waals surface area contributed by atoms with Gasteiger partial charge in [-0.2, -0.15) is 0 Å². The van der Waals surface area contributed by atoms with Crippen LogP contribution >= 0.6 is 0 Å². The Balaban J connectivity index is 4.09. The number of carbonyl (C=O) groups excluding carboxylic acids is 1. The van der Waals surface area contributed by atoms with Gasteiger partial charge >= 0.3 is 0 Å². The highest BCUT2D eigenvalue weighted by Gasteiger charge is 2.02. The van der Waals surface area contributed by atoms with Crippen molar-refractivity contribution < 1.29 is 4.79 Å². The van der Waals surface area contributed by atoms with Crippen LogP contribution in [0.1, 0.15) is 59.8 Å². The van der Waals surface area contributed by atoms with Gasteiger partial charge in [-0.15, -0.1) is 0 Å². The summed E-state index contributed by atoms with van der Waals surface area (Å²) in [5.74, 6) is 0.732. The number of nitrogens with one attached hydrogen (secondary N) is 1. The van der Waals surface area contributed by atoms with Crippen LogP contribution in [0.5, 0.6) is 0 Å². The number of hydrogen-bond acceptors (Lipinski definition) is 2. The fourth-order valence-electron chi connectivity index (χ4n) is 1.19. The van der Waals surface area contributed by atoms with E-state index in [2.05, 4.69) is 24.2 Å². The quantitative estimate of drug-likeness (QED) is 0.522. The predicted molar refractivity (Wildman–Crippen MR) is 69.4 cm³/mol. The molecule has 0 rings (SSSR count). The maximum absolute atomic E-state index is 11.5. The molecule has 3 nitrogen and oxygen atoms in total. The smallest absolute Gasteiger partial charge is 0.225 e. The molecule has 0 heterocycles. The lowest BCUT2D eigenvalue weighted by Crippen LogP contribution is -2.21. The van der Waals surface area contributed by atoms with Crippen molar-refractivity contribution in [2.24, 2.45) is 4.99 Å². The van der Waals surface area contributed by atoms with Crippen LogP contribution in [0.3, 0.4) is 0 Å². The summed E-state index contributed by atoms with van der Waals surface area (Å²) in [6.45, 7) is 8.03. The number of allylic oxidation sites excluding steroid dienone is 1. The first kappa shape index (κ1) is 14.9. The molecule has 1 N–H and O–H groups in total. The Bertz CT molecular complexity index is 267. The Morgan fingerprint density at radius 2 is 2.00 bits per heavy atom. The average molecular weight is 224 g/mol. The third-order valence-electron chi connectivity index (χ3n) is 2.37. The average Bonchev–Trinajstić information content (AvgIpc) is 2.28. The van der Waals surface area contributed by atoms with Crippen LogP contribution in [0.25, 0.3) is 0 Å². The molecule has 0 aromatic heterocycles. The highest BCUT2D eigenvalue weighted by atomic mass is 16.1. The summed E-state index contributed by atoms with van der Waals surface area (Å²) in [7, 11) is 0. The van der Waals surface area contributed by atoms with Crippen molar-refractivity contribution in [3.63, 3.8) is 0 Å². The molecule has 0 aliphatic carbocycles. The minimum atomic E-state index is 0.0641. The number of unbranched alkanes of at least 4 members (excludes halogenated alkanes) is 2. The molecule has 3 heteroatoms. The number of aliphatic imine (C=N–C) groups is 1. The van der Waals surface area contributed by atoms with Gasteiger partial charge in [0.15, 0.2) is 0 Å². The minimum absolute atomic E-state index is 0.0641. The molecule has 0 aliphatic rings. The topological polar surface area (TPSA) is 41.5 Å². The number of rotatable bonds is 7. The molecule has 1 amide bonds. The molecule has 92 valence electrons. The Kier molecular flexibility index (Phi) is 8.49. The van der Waals surface area contributed by atoms with E-state index in [0.717, 1.165) is 31.4 Å². The van der Waals surface area contributed by atoms with Crippen LogP contribution in [-0.4, -0.2) is 11.6 Å². The van der Waals surface area contributed by atoms with Gasteiger partial charge in [0.05, 0.1) is 0 Å². The molecule has 0 bridgehead atoms. The van der Waals surface area contributed by atoms with Crippen molar-refractivity contribution in [3.8, 4) is 0 Å². The summed E-state index contributed by atoms with van der Waals surface area (Å²) in [4.78, 5) is 15.9. The highest BCUT2D eigenvalue weighted by Crippen LogP contribution is 2.01. The zero-order chi connectivity index (χ0) is 12.4. The molecule has 0 unspecified atom stereocenters. The lowest BCUT2D eigenvalue weighted by molar-refractivity contribution is -0.120. The number of amides is 1. The number of hydrogen-bond donors (Lipinski definition) is 1. The standard InChI is InChI=1S/C13H24N2O/c1-5-8-9-10-13(16)15-12(7-3)14-11(4)6-2/h7H,5-6,8-10H2,1-4H3,(H,15,16)/b12-7+,14-11+. The maximum atomic E-state index is 11.5. The predicted octanol–water partition coefficient (Wildman–Crippen LogP) is 3.42. The summed E-state index contributed by atoms with van der Waals surface area (Å²) in [6, 6.07) is 0. The molecule has 0 atom stereocenters. The Morgan fingerprint density at radius 3 is 2.50 bits per heavy atom. The van der Waals surface area contributed by atoms with Gasteiger partial charge in [-0.05, 0) is 32.8 Å². The lowest BCUT2D eigenvalue weighted by atomic mass is 10.2. The van der Waals surface area contributed by atoms with E-state index in [9.17, 15) is 4.79 Å². The molecular weight excluding hydrogens is 200 g/mol. The highest BCUT2D eigenvalue weighted by molar-refractivity contribution is 5.84. The molecule has 0 saturated heterocycles. The van der Waals surface area contributed by atoms with Gasteiger partial charge in [-0.3, -0.25) is 4.79 Å². The van der Waals surface area contributed by atoms with E-state index in [4.69, 9.17) is 0 Å². The van der Waals surface area contributed by atoms with E-state index in [-0.39, 0.29) is 5.91 Å². The lowest BCUT2D eigenvalue weighted by Gasteiger charge is -2.06. The van der Waals surface area contributed by atoms with Crippen molar-refractivity contribution >= 4 is 11.6 Å². The van der Waals surface area contributed by atoms with Crippen molar-refractivity contribution in [2.45, 2.75) is 59.8 Å². The monoisotopic (exact) mass is 224 g/mol. The van der Waals surface area contributed by atoms with Crippen LogP contribution in [0, 0.1) is 0 Å². The molecule has 0 spiro atoms. The van der Waals surface area contributed by atoms with Gasteiger partial charge in [-0.1, -0.05) is 26.7 Å². The van der Waals surface area contributed by atoms with Gasteiger partial charge in [0.1, 0.15) is 5.82 Å². The third-order valence-corrected chi connectivity index (χ3v) is 2.37. The van der Waals surface area contributed by atoms with Crippen LogP contribution in [-0.2, 0) is 4.79 Å². The zero-order valence-electron chi connectivity index (χ0n) is 11.0. The van der Waals surface area contributed by atoms with Gasteiger partial charge in [0.25, 0.3) is 0 Å². The van der Waals surface area contributed by atoms with Crippen LogP contribution < -0.4 is 5.32 Å². The van der Waals surface area contributed by atoms with E-state index in [1.54, 1.807) is 0 Å². The first-order valence-electron chi connectivity index (χ1n) is 6.14. The second kappa shape index (κ2) is 9.13. The first-order chi connectivity index (χ1) is 7.63. The number of carbonyl (C=O) groups is 1. The van der Waals surface area contributed by atoms with Crippen molar-refractivity contribution in [3.05, 3.63) is 11.9 Å². The first-order valence-corrected chi connectivity index (χ1v) is 6.14. The fourth-order valence-corrected chi connectivity index (χ4v) is 1.19. The second-order valence-corrected chi connectivity index (χ2v) is 3.88. The Labute approximate surface area is 99.0 Å². The molecule has 0 aromatic rings. The molecule has 0 radical (unpaired) electrons. The Morgan fingerprint density at radius 1 is 1.31 bits per heavy atom. The molecule has 16 heavy (non-hydrogen) atoms. The van der Waals surface area contributed by atoms with Gasteiger partial charge < -0.3 is 5.32 Å². The van der Waals surface area contributed by atoms with Gasteiger partial charge in [0, 0.05) is 12.1 Å². The van der Waals surface area contributed by atoms with Gasteiger partial charge in [0.2, 0.25) is 5.91 Å². The maximum Gasteiger partial charge on any atom is 0.225 e. The van der Waals surface area contributed by atoms with Crippen molar-refractivity contribution in [1.82, 2.24) is 5.32 Å². The molecular formula is C13H24N2O.